The molecule has 1 unspecified atom stereocenters. The van der Waals surface area contributed by atoms with E-state index >= 15 is 0 Å². The minimum atomic E-state index is -0.688. The van der Waals surface area contributed by atoms with Crippen LogP contribution < -0.4 is 4.90 Å². The Morgan fingerprint density at radius 2 is 2.26 bits per heavy atom. The van der Waals surface area contributed by atoms with Gasteiger partial charge in [-0.2, -0.15) is 0 Å². The van der Waals surface area contributed by atoms with Gasteiger partial charge in [-0.25, -0.2) is 0 Å². The Hall–Kier alpha value is -1.51. The lowest BCUT2D eigenvalue weighted by molar-refractivity contribution is -0.137. The maximum atomic E-state index is 10.8. The maximum Gasteiger partial charge on any atom is 0.303 e. The van der Waals surface area contributed by atoms with Gasteiger partial charge in [-0.1, -0.05) is 25.1 Å². The molecule has 1 saturated heterocycles. The van der Waals surface area contributed by atoms with Crippen molar-refractivity contribution in [1.29, 1.82) is 0 Å². The number of anilines is 1. The van der Waals surface area contributed by atoms with Gasteiger partial charge in [0, 0.05) is 24.7 Å². The molecule has 104 valence electrons. The molecule has 0 amide bonds. The second-order valence-electron chi connectivity index (χ2n) is 5.36. The van der Waals surface area contributed by atoms with E-state index in [-0.39, 0.29) is 6.42 Å². The number of carboxylic acid groups (broad SMARTS) is 1. The van der Waals surface area contributed by atoms with E-state index in [1.54, 1.807) is 0 Å². The lowest BCUT2D eigenvalue weighted by atomic mass is 10.0. The van der Waals surface area contributed by atoms with Gasteiger partial charge in [0.15, 0.2) is 0 Å². The molecule has 1 fully saturated rings. The normalized spacial score (nSPS) is 18.8. The third-order valence-corrected chi connectivity index (χ3v) is 4.06. The van der Waals surface area contributed by atoms with Crippen LogP contribution in [0.2, 0.25) is 0 Å². The molecule has 0 bridgehead atoms. The van der Waals surface area contributed by atoms with Crippen molar-refractivity contribution < 1.29 is 9.90 Å². The summed E-state index contributed by atoms with van der Waals surface area (Å²) >= 11 is 0. The first kappa shape index (κ1) is 13.9. The van der Waals surface area contributed by atoms with Crippen LogP contribution in [0.1, 0.15) is 43.7 Å². The van der Waals surface area contributed by atoms with Crippen LogP contribution in [0, 0.1) is 6.92 Å². The van der Waals surface area contributed by atoms with Gasteiger partial charge in [0.05, 0.1) is 0 Å². The number of hydrogen-bond donors (Lipinski definition) is 1. The van der Waals surface area contributed by atoms with Crippen LogP contribution in [0.25, 0.3) is 0 Å². The van der Waals surface area contributed by atoms with Gasteiger partial charge in [0.1, 0.15) is 0 Å². The van der Waals surface area contributed by atoms with Crippen molar-refractivity contribution in [2.45, 2.75) is 52.0 Å². The first-order valence-corrected chi connectivity index (χ1v) is 7.20. The summed E-state index contributed by atoms with van der Waals surface area (Å²) in [5, 5.41) is 8.87. The summed E-state index contributed by atoms with van der Waals surface area (Å²) in [5.74, 6) is -0.688. The first-order valence-electron chi connectivity index (χ1n) is 7.20. The molecule has 1 heterocycles. The highest BCUT2D eigenvalue weighted by Gasteiger charge is 2.27. The highest BCUT2D eigenvalue weighted by Crippen LogP contribution is 2.33. The van der Waals surface area contributed by atoms with Crippen LogP contribution in [0.4, 0.5) is 5.69 Å². The molecule has 1 aromatic carbocycles. The average Bonchev–Trinajstić information content (AvgIpc) is 2.83. The van der Waals surface area contributed by atoms with Crippen LogP contribution >= 0.6 is 0 Å². The van der Waals surface area contributed by atoms with Gasteiger partial charge in [-0.05, 0) is 43.7 Å². The highest BCUT2D eigenvalue weighted by atomic mass is 16.4. The van der Waals surface area contributed by atoms with Gasteiger partial charge in [0.25, 0.3) is 0 Å². The number of carbonyl (C=O) groups is 1. The van der Waals surface area contributed by atoms with Crippen molar-refractivity contribution in [3.8, 4) is 0 Å². The molecule has 0 aliphatic carbocycles. The van der Waals surface area contributed by atoms with E-state index in [1.165, 1.54) is 23.2 Å². The Morgan fingerprint density at radius 1 is 1.47 bits per heavy atom. The predicted octanol–water partition coefficient (Wildman–Crippen LogP) is 3.39. The lowest BCUT2D eigenvalue weighted by Crippen LogP contribution is -2.31. The SMILES string of the molecule is CCc1cccc(C)c1N1CCCC1CCC(=O)O. The summed E-state index contributed by atoms with van der Waals surface area (Å²) in [6.45, 7) is 5.39. The summed E-state index contributed by atoms with van der Waals surface area (Å²) in [5.41, 5.74) is 4.03. The topological polar surface area (TPSA) is 40.5 Å². The third-order valence-electron chi connectivity index (χ3n) is 4.06. The molecule has 1 aliphatic rings. The van der Waals surface area contributed by atoms with Gasteiger partial charge in [-0.15, -0.1) is 0 Å². The maximum absolute atomic E-state index is 10.8. The summed E-state index contributed by atoms with van der Waals surface area (Å²) < 4.78 is 0. The van der Waals surface area contributed by atoms with E-state index in [4.69, 9.17) is 5.11 Å². The molecular formula is C16H23NO2. The smallest absolute Gasteiger partial charge is 0.303 e. The van der Waals surface area contributed by atoms with Gasteiger partial charge in [0.2, 0.25) is 0 Å². The molecule has 19 heavy (non-hydrogen) atoms. The van der Waals surface area contributed by atoms with Crippen molar-refractivity contribution in [2.24, 2.45) is 0 Å². The van der Waals surface area contributed by atoms with Crippen molar-refractivity contribution >= 4 is 11.7 Å². The fraction of sp³-hybridized carbons (Fsp3) is 0.562. The summed E-state index contributed by atoms with van der Waals surface area (Å²) in [7, 11) is 0. The van der Waals surface area contributed by atoms with Crippen molar-refractivity contribution in [3.05, 3.63) is 29.3 Å². The number of aliphatic carboxylic acids is 1. The summed E-state index contributed by atoms with van der Waals surface area (Å²) in [6.07, 6.45) is 4.34. The van der Waals surface area contributed by atoms with Gasteiger partial charge < -0.3 is 10.0 Å². The minimum Gasteiger partial charge on any atom is -0.481 e. The number of nitrogens with zero attached hydrogens (tertiary/aromatic N) is 1. The zero-order valence-electron chi connectivity index (χ0n) is 11.9. The molecule has 3 heteroatoms. The van der Waals surface area contributed by atoms with Crippen molar-refractivity contribution in [1.82, 2.24) is 0 Å². The number of aryl methyl sites for hydroxylation is 2. The van der Waals surface area contributed by atoms with E-state index < -0.39 is 5.97 Å². The number of hydrogen-bond acceptors (Lipinski definition) is 2. The average molecular weight is 261 g/mol. The minimum absolute atomic E-state index is 0.272. The second-order valence-corrected chi connectivity index (χ2v) is 5.36. The zero-order chi connectivity index (χ0) is 13.8. The molecule has 1 N–H and O–H groups in total. The van der Waals surface area contributed by atoms with Crippen LogP contribution in [-0.2, 0) is 11.2 Å². The summed E-state index contributed by atoms with van der Waals surface area (Å²) in [6, 6.07) is 6.85. The van der Waals surface area contributed by atoms with Crippen LogP contribution in [0.5, 0.6) is 0 Å². The second kappa shape index (κ2) is 6.09. The van der Waals surface area contributed by atoms with E-state index in [0.29, 0.717) is 6.04 Å². The monoisotopic (exact) mass is 261 g/mol. The molecule has 2 rings (SSSR count). The number of benzene rings is 1. The molecule has 0 aromatic heterocycles. The van der Waals surface area contributed by atoms with E-state index in [0.717, 1.165) is 25.8 Å². The molecule has 0 spiro atoms. The largest absolute Gasteiger partial charge is 0.481 e. The van der Waals surface area contributed by atoms with Gasteiger partial charge >= 0.3 is 5.97 Å². The highest BCUT2D eigenvalue weighted by molar-refractivity contribution is 5.67. The quantitative estimate of drug-likeness (QED) is 0.883. The van der Waals surface area contributed by atoms with Gasteiger partial charge in [-0.3, -0.25) is 4.79 Å². The van der Waals surface area contributed by atoms with E-state index in [2.05, 4.69) is 36.9 Å². The molecular weight excluding hydrogens is 238 g/mol. The standard InChI is InChI=1S/C16H23NO2/c1-3-13-7-4-6-12(2)16(13)17-11-5-8-14(17)9-10-15(18)19/h4,6-7,14H,3,5,8-11H2,1-2H3,(H,18,19). The third kappa shape index (κ3) is 3.09. The molecule has 1 aliphatic heterocycles. The Labute approximate surface area is 115 Å². The molecule has 0 saturated carbocycles. The predicted molar refractivity (Wildman–Crippen MR) is 77.8 cm³/mol. The number of para-hydroxylation sites is 1. The summed E-state index contributed by atoms with van der Waals surface area (Å²) in [4.78, 5) is 13.2. The van der Waals surface area contributed by atoms with Crippen molar-refractivity contribution in [3.63, 3.8) is 0 Å². The Balaban J connectivity index is 2.22. The fourth-order valence-electron chi connectivity index (χ4n) is 3.14. The lowest BCUT2D eigenvalue weighted by Gasteiger charge is -2.30. The van der Waals surface area contributed by atoms with Crippen LogP contribution in [-0.4, -0.2) is 23.7 Å². The zero-order valence-corrected chi connectivity index (χ0v) is 11.9. The molecule has 0 radical (unpaired) electrons. The molecule has 3 nitrogen and oxygen atoms in total. The Kier molecular flexibility index (Phi) is 4.46. The van der Waals surface area contributed by atoms with E-state index in [9.17, 15) is 4.79 Å². The number of carboxylic acids is 1. The molecule has 1 aromatic rings. The van der Waals surface area contributed by atoms with Crippen LogP contribution in [0.15, 0.2) is 18.2 Å². The van der Waals surface area contributed by atoms with Crippen molar-refractivity contribution in [2.75, 3.05) is 11.4 Å². The van der Waals surface area contributed by atoms with E-state index in [1.807, 2.05) is 0 Å². The molecule has 1 atom stereocenters. The Morgan fingerprint density at radius 3 is 2.95 bits per heavy atom. The number of rotatable bonds is 5. The van der Waals surface area contributed by atoms with Crippen LogP contribution in [0.3, 0.4) is 0 Å². The fourth-order valence-corrected chi connectivity index (χ4v) is 3.14. The first-order chi connectivity index (χ1) is 9.13. The Bertz CT molecular complexity index is 456.